The third kappa shape index (κ3) is 2.41. The lowest BCUT2D eigenvalue weighted by molar-refractivity contribution is 0.0972. The fourth-order valence-electron chi connectivity index (χ4n) is 3.56. The Kier molecular flexibility index (Phi) is 3.64. The topological polar surface area (TPSA) is 35.5 Å². The number of benzene rings is 2. The largest absolute Gasteiger partial charge is 0.494 e. The monoisotopic (exact) mass is 320 g/mol. The van der Waals surface area contributed by atoms with Crippen molar-refractivity contribution >= 4 is 11.5 Å². The lowest BCUT2D eigenvalue weighted by Gasteiger charge is -2.25. The minimum atomic E-state index is 0.233. The van der Waals surface area contributed by atoms with Crippen molar-refractivity contribution in [3.8, 4) is 16.9 Å². The molecule has 0 unspecified atom stereocenters. The summed E-state index contributed by atoms with van der Waals surface area (Å²) in [6.07, 6.45) is 2.54. The van der Waals surface area contributed by atoms with Crippen LogP contribution in [0.3, 0.4) is 0 Å². The maximum atomic E-state index is 12.1. The van der Waals surface area contributed by atoms with E-state index in [0.29, 0.717) is 25.4 Å². The van der Waals surface area contributed by atoms with Gasteiger partial charge >= 0.3 is 0 Å². The second-order valence-corrected chi connectivity index (χ2v) is 6.30. The Morgan fingerprint density at radius 2 is 2.00 bits per heavy atom. The van der Waals surface area contributed by atoms with Gasteiger partial charge in [0, 0.05) is 23.1 Å². The predicted molar refractivity (Wildman–Crippen MR) is 94.1 cm³/mol. The van der Waals surface area contributed by atoms with E-state index in [1.807, 2.05) is 19.1 Å². The molecule has 0 fully saturated rings. The minimum Gasteiger partial charge on any atom is -0.494 e. The van der Waals surface area contributed by atoms with E-state index in [1.165, 1.54) is 5.56 Å². The van der Waals surface area contributed by atoms with E-state index in [0.717, 1.165) is 46.4 Å². The van der Waals surface area contributed by atoms with E-state index in [-0.39, 0.29) is 5.78 Å². The third-order valence-corrected chi connectivity index (χ3v) is 4.77. The molecule has 2 aromatic rings. The first-order valence-electron chi connectivity index (χ1n) is 8.45. The van der Waals surface area contributed by atoms with Gasteiger partial charge in [0.05, 0.1) is 6.61 Å². The Morgan fingerprint density at radius 1 is 1.12 bits per heavy atom. The Bertz CT molecular complexity index is 848. The van der Waals surface area contributed by atoms with Gasteiger partial charge in [-0.3, -0.25) is 4.79 Å². The summed E-state index contributed by atoms with van der Waals surface area (Å²) in [5.74, 6) is 1.73. The number of aryl methyl sites for hydroxylation is 1. The van der Waals surface area contributed by atoms with Crippen molar-refractivity contribution in [2.45, 2.75) is 32.8 Å². The summed E-state index contributed by atoms with van der Waals surface area (Å²) in [5.41, 5.74) is 6.34. The maximum Gasteiger partial charge on any atom is 0.163 e. The van der Waals surface area contributed by atoms with Gasteiger partial charge in [0.1, 0.15) is 18.1 Å². The molecule has 0 spiro atoms. The fraction of sp³-hybridized carbons (Fsp3) is 0.286. The maximum absolute atomic E-state index is 12.1. The van der Waals surface area contributed by atoms with Gasteiger partial charge in [-0.25, -0.2) is 0 Å². The first-order valence-corrected chi connectivity index (χ1v) is 8.45. The second kappa shape index (κ2) is 5.82. The van der Waals surface area contributed by atoms with Gasteiger partial charge in [0.2, 0.25) is 0 Å². The van der Waals surface area contributed by atoms with Crippen LogP contribution in [0.25, 0.3) is 16.9 Å². The molecule has 1 aliphatic heterocycles. The van der Waals surface area contributed by atoms with Gasteiger partial charge in [0.15, 0.2) is 5.78 Å². The normalized spacial score (nSPS) is 15.0. The average molecular weight is 320 g/mol. The van der Waals surface area contributed by atoms with Gasteiger partial charge < -0.3 is 9.47 Å². The van der Waals surface area contributed by atoms with Crippen LogP contribution in [0.15, 0.2) is 36.9 Å². The number of Topliss-reactive ketones (excluding diaryl/α,β-unsaturated/α-hetero) is 1. The lowest BCUT2D eigenvalue weighted by Crippen LogP contribution is -2.13. The SMILES string of the molecule is C=C(OCC)c1ccc2c(c1)COc1cc3c(cc1-2)CCCC3=O. The van der Waals surface area contributed by atoms with Gasteiger partial charge in [-0.15, -0.1) is 0 Å². The van der Waals surface area contributed by atoms with Crippen LogP contribution in [-0.2, 0) is 17.8 Å². The van der Waals surface area contributed by atoms with Crippen molar-refractivity contribution in [2.75, 3.05) is 6.61 Å². The third-order valence-electron chi connectivity index (χ3n) is 4.77. The number of ether oxygens (including phenoxy) is 2. The molecular formula is C21H20O3. The van der Waals surface area contributed by atoms with Crippen LogP contribution in [-0.4, -0.2) is 12.4 Å². The molecule has 0 saturated carbocycles. The average Bonchev–Trinajstić information content (AvgIpc) is 2.60. The Hall–Kier alpha value is -2.55. The molecule has 2 aromatic carbocycles. The van der Waals surface area contributed by atoms with Crippen molar-refractivity contribution < 1.29 is 14.3 Å². The summed E-state index contributed by atoms with van der Waals surface area (Å²) in [7, 11) is 0. The van der Waals surface area contributed by atoms with E-state index < -0.39 is 0 Å². The van der Waals surface area contributed by atoms with Crippen molar-refractivity contribution in [2.24, 2.45) is 0 Å². The predicted octanol–water partition coefficient (Wildman–Crippen LogP) is 4.77. The Labute approximate surface area is 141 Å². The van der Waals surface area contributed by atoms with Crippen molar-refractivity contribution in [1.29, 1.82) is 0 Å². The van der Waals surface area contributed by atoms with Crippen molar-refractivity contribution in [1.82, 2.24) is 0 Å². The molecule has 0 saturated heterocycles. The summed E-state index contributed by atoms with van der Waals surface area (Å²) in [5, 5.41) is 0. The number of carbonyl (C=O) groups excluding carboxylic acids is 1. The summed E-state index contributed by atoms with van der Waals surface area (Å²) < 4.78 is 11.4. The molecule has 1 heterocycles. The highest BCUT2D eigenvalue weighted by atomic mass is 16.5. The summed E-state index contributed by atoms with van der Waals surface area (Å²) in [6.45, 7) is 7.03. The van der Waals surface area contributed by atoms with Crippen molar-refractivity contribution in [3.63, 3.8) is 0 Å². The lowest BCUT2D eigenvalue weighted by atomic mass is 9.86. The number of rotatable bonds is 3. The van der Waals surface area contributed by atoms with Crippen LogP contribution in [0, 0.1) is 0 Å². The molecule has 0 aromatic heterocycles. The highest BCUT2D eigenvalue weighted by molar-refractivity contribution is 6.00. The molecule has 0 atom stereocenters. The summed E-state index contributed by atoms with van der Waals surface area (Å²) in [6, 6.07) is 10.3. The van der Waals surface area contributed by atoms with Crippen LogP contribution in [0.1, 0.15) is 46.8 Å². The van der Waals surface area contributed by atoms with E-state index in [1.54, 1.807) is 0 Å². The van der Waals surface area contributed by atoms with E-state index in [4.69, 9.17) is 9.47 Å². The molecule has 24 heavy (non-hydrogen) atoms. The summed E-state index contributed by atoms with van der Waals surface area (Å²) >= 11 is 0. The van der Waals surface area contributed by atoms with Crippen LogP contribution in [0.2, 0.25) is 0 Å². The van der Waals surface area contributed by atoms with Gasteiger partial charge in [-0.2, -0.15) is 0 Å². The molecule has 122 valence electrons. The standard InChI is InChI=1S/C21H20O3/c1-3-23-13(2)14-7-8-17-16(9-14)12-24-21-11-18-15(10-19(17)21)5-4-6-20(18)22/h7-11H,2-6,12H2,1H3. The molecular weight excluding hydrogens is 300 g/mol. The second-order valence-electron chi connectivity index (χ2n) is 6.30. The van der Waals surface area contributed by atoms with Crippen LogP contribution < -0.4 is 4.74 Å². The molecule has 3 heteroatoms. The molecule has 4 rings (SSSR count). The number of carbonyl (C=O) groups is 1. The summed E-state index contributed by atoms with van der Waals surface area (Å²) in [4.78, 5) is 12.1. The molecule has 3 nitrogen and oxygen atoms in total. The van der Waals surface area contributed by atoms with Crippen LogP contribution >= 0.6 is 0 Å². The molecule has 0 bridgehead atoms. The Morgan fingerprint density at radius 3 is 2.83 bits per heavy atom. The molecule has 1 aliphatic carbocycles. The zero-order valence-electron chi connectivity index (χ0n) is 13.9. The highest BCUT2D eigenvalue weighted by Gasteiger charge is 2.24. The number of ketones is 1. The fourth-order valence-corrected chi connectivity index (χ4v) is 3.56. The molecule has 0 radical (unpaired) electrons. The number of hydrogen-bond acceptors (Lipinski definition) is 3. The quantitative estimate of drug-likeness (QED) is 0.764. The van der Waals surface area contributed by atoms with Gasteiger partial charge in [-0.1, -0.05) is 18.7 Å². The van der Waals surface area contributed by atoms with E-state index >= 15 is 0 Å². The van der Waals surface area contributed by atoms with Gasteiger partial charge in [-0.05, 0) is 54.7 Å². The number of fused-ring (bicyclic) bond motifs is 4. The smallest absolute Gasteiger partial charge is 0.163 e. The highest BCUT2D eigenvalue weighted by Crippen LogP contribution is 2.41. The van der Waals surface area contributed by atoms with E-state index in [9.17, 15) is 4.79 Å². The van der Waals surface area contributed by atoms with E-state index in [2.05, 4.69) is 24.8 Å². The number of hydrogen-bond donors (Lipinski definition) is 0. The molecule has 0 N–H and O–H groups in total. The Balaban J connectivity index is 1.78. The zero-order chi connectivity index (χ0) is 16.7. The first kappa shape index (κ1) is 15.0. The first-order chi connectivity index (χ1) is 11.7. The zero-order valence-corrected chi connectivity index (χ0v) is 13.9. The van der Waals surface area contributed by atoms with Crippen molar-refractivity contribution in [3.05, 3.63) is 59.2 Å². The molecule has 0 amide bonds. The van der Waals surface area contributed by atoms with Crippen LogP contribution in [0.5, 0.6) is 5.75 Å². The molecule has 2 aliphatic rings. The minimum absolute atomic E-state index is 0.233. The van der Waals surface area contributed by atoms with Gasteiger partial charge in [0.25, 0.3) is 0 Å². The van der Waals surface area contributed by atoms with Crippen LogP contribution in [0.4, 0.5) is 0 Å².